The molecule has 0 spiro atoms. The summed E-state index contributed by atoms with van der Waals surface area (Å²) in [6, 6.07) is 4.82. The molecular weight excluding hydrogens is 414 g/mol. The minimum absolute atomic E-state index is 0.0279. The number of rotatable bonds is 3. The molecule has 1 unspecified atom stereocenters. The van der Waals surface area contributed by atoms with E-state index in [0.29, 0.717) is 23.9 Å². The van der Waals surface area contributed by atoms with E-state index in [9.17, 15) is 13.2 Å². The number of nitrogens with zero attached hydrogens (tertiary/aromatic N) is 1. The zero-order chi connectivity index (χ0) is 14.9. The molecule has 1 heterocycles. The van der Waals surface area contributed by atoms with Gasteiger partial charge in [0, 0.05) is 22.0 Å². The molecule has 5 nitrogen and oxygen atoms in total. The van der Waals surface area contributed by atoms with Crippen LogP contribution in [0.4, 0.5) is 0 Å². The predicted octanol–water partition coefficient (Wildman–Crippen LogP) is 2.70. The van der Waals surface area contributed by atoms with Gasteiger partial charge in [0.25, 0.3) is 0 Å². The molecule has 1 aromatic carbocycles. The average molecular weight is 427 g/mol. The summed E-state index contributed by atoms with van der Waals surface area (Å²) in [6.07, 6.45) is 1.08. The summed E-state index contributed by atoms with van der Waals surface area (Å²) in [4.78, 5) is 11.2. The van der Waals surface area contributed by atoms with Gasteiger partial charge in [-0.2, -0.15) is 4.31 Å². The van der Waals surface area contributed by atoms with E-state index in [1.807, 2.05) is 0 Å². The van der Waals surface area contributed by atoms with Crippen LogP contribution in [0.25, 0.3) is 0 Å². The topological polar surface area (TPSA) is 74.7 Å². The van der Waals surface area contributed by atoms with E-state index in [1.54, 1.807) is 12.1 Å². The summed E-state index contributed by atoms with van der Waals surface area (Å²) < 4.78 is 27.6. The average Bonchev–Trinajstić information content (AvgIpc) is 2.38. The Kier molecular flexibility index (Phi) is 4.88. The third-order valence-electron chi connectivity index (χ3n) is 3.25. The normalized spacial score (nSPS) is 20.8. The summed E-state index contributed by atoms with van der Waals surface area (Å²) >= 11 is 6.51. The van der Waals surface area contributed by atoms with Crippen molar-refractivity contribution in [2.75, 3.05) is 13.1 Å². The van der Waals surface area contributed by atoms with Crippen molar-refractivity contribution < 1.29 is 18.3 Å². The Morgan fingerprint density at radius 1 is 1.35 bits per heavy atom. The number of aliphatic carboxylic acids is 1. The van der Waals surface area contributed by atoms with Crippen molar-refractivity contribution in [1.82, 2.24) is 4.31 Å². The number of benzene rings is 1. The quantitative estimate of drug-likeness (QED) is 0.806. The maximum atomic E-state index is 12.6. The number of carboxylic acid groups (broad SMARTS) is 1. The van der Waals surface area contributed by atoms with Crippen LogP contribution < -0.4 is 0 Å². The highest BCUT2D eigenvalue weighted by molar-refractivity contribution is 9.11. The molecule has 0 saturated carbocycles. The second-order valence-electron chi connectivity index (χ2n) is 4.62. The van der Waals surface area contributed by atoms with Crippen LogP contribution >= 0.6 is 31.9 Å². The maximum absolute atomic E-state index is 12.6. The first-order valence-corrected chi connectivity index (χ1v) is 9.03. The number of hydrogen-bond donors (Lipinski definition) is 1. The smallest absolute Gasteiger partial charge is 0.307 e. The zero-order valence-electron chi connectivity index (χ0n) is 10.4. The molecule has 1 saturated heterocycles. The van der Waals surface area contributed by atoms with E-state index in [1.165, 1.54) is 10.4 Å². The summed E-state index contributed by atoms with van der Waals surface area (Å²) in [5.74, 6) is -1.58. The van der Waals surface area contributed by atoms with Gasteiger partial charge in [-0.25, -0.2) is 8.42 Å². The van der Waals surface area contributed by atoms with Gasteiger partial charge in [0.05, 0.1) is 10.8 Å². The SMILES string of the molecule is O=C(O)C1CCCN(S(=O)(=O)c2ccc(Br)cc2Br)C1. The molecule has 110 valence electrons. The number of piperidine rings is 1. The van der Waals surface area contributed by atoms with Gasteiger partial charge in [-0.05, 0) is 47.0 Å². The fraction of sp³-hybridized carbons (Fsp3) is 0.417. The molecule has 1 N–H and O–H groups in total. The molecule has 1 aliphatic rings. The lowest BCUT2D eigenvalue weighted by molar-refractivity contribution is -0.142. The van der Waals surface area contributed by atoms with E-state index in [2.05, 4.69) is 31.9 Å². The van der Waals surface area contributed by atoms with E-state index in [-0.39, 0.29) is 11.4 Å². The minimum atomic E-state index is -3.67. The fourth-order valence-corrected chi connectivity index (χ4v) is 5.42. The molecule has 8 heteroatoms. The number of carbonyl (C=O) groups is 1. The highest BCUT2D eigenvalue weighted by atomic mass is 79.9. The van der Waals surface area contributed by atoms with Crippen molar-refractivity contribution in [3.63, 3.8) is 0 Å². The number of carboxylic acids is 1. The second-order valence-corrected chi connectivity index (χ2v) is 8.29. The fourth-order valence-electron chi connectivity index (χ4n) is 2.19. The number of hydrogen-bond acceptors (Lipinski definition) is 3. The summed E-state index contributed by atoms with van der Waals surface area (Å²) in [7, 11) is -3.67. The predicted molar refractivity (Wildman–Crippen MR) is 81.0 cm³/mol. The van der Waals surface area contributed by atoms with Gasteiger partial charge in [0.1, 0.15) is 0 Å². The maximum Gasteiger partial charge on any atom is 0.307 e. The lowest BCUT2D eigenvalue weighted by atomic mass is 10.0. The van der Waals surface area contributed by atoms with E-state index < -0.39 is 21.9 Å². The Balaban J connectivity index is 2.32. The summed E-state index contributed by atoms with van der Waals surface area (Å²) in [5.41, 5.74) is 0. The van der Waals surface area contributed by atoms with Crippen LogP contribution in [-0.2, 0) is 14.8 Å². The van der Waals surface area contributed by atoms with Crippen LogP contribution in [0.1, 0.15) is 12.8 Å². The van der Waals surface area contributed by atoms with Gasteiger partial charge in [-0.3, -0.25) is 4.79 Å². The van der Waals surface area contributed by atoms with Crippen molar-refractivity contribution in [2.24, 2.45) is 5.92 Å². The standard InChI is InChI=1S/C12H13Br2NO4S/c13-9-3-4-11(10(14)6-9)20(18,19)15-5-1-2-8(7-15)12(16)17/h3-4,6,8H,1-2,5,7H2,(H,16,17). The first-order chi connectivity index (χ1) is 9.32. The van der Waals surface area contributed by atoms with Crippen molar-refractivity contribution >= 4 is 47.9 Å². The first-order valence-electron chi connectivity index (χ1n) is 6.00. The Morgan fingerprint density at radius 3 is 2.65 bits per heavy atom. The van der Waals surface area contributed by atoms with Crippen LogP contribution in [0, 0.1) is 5.92 Å². The number of sulfonamides is 1. The van der Waals surface area contributed by atoms with Crippen molar-refractivity contribution in [2.45, 2.75) is 17.7 Å². The molecular formula is C12H13Br2NO4S. The second kappa shape index (κ2) is 6.13. The molecule has 1 aliphatic heterocycles. The highest BCUT2D eigenvalue weighted by Crippen LogP contribution is 2.30. The van der Waals surface area contributed by atoms with Gasteiger partial charge in [-0.1, -0.05) is 15.9 Å². The lowest BCUT2D eigenvalue weighted by Gasteiger charge is -2.30. The molecule has 1 fully saturated rings. The van der Waals surface area contributed by atoms with Gasteiger partial charge in [0.2, 0.25) is 10.0 Å². The lowest BCUT2D eigenvalue weighted by Crippen LogP contribution is -2.42. The molecule has 0 aliphatic carbocycles. The molecule has 0 aromatic heterocycles. The minimum Gasteiger partial charge on any atom is -0.481 e. The van der Waals surface area contributed by atoms with E-state index >= 15 is 0 Å². The Bertz CT molecular complexity index is 632. The van der Waals surface area contributed by atoms with Crippen molar-refractivity contribution in [3.8, 4) is 0 Å². The van der Waals surface area contributed by atoms with Crippen LogP contribution in [0.2, 0.25) is 0 Å². The largest absolute Gasteiger partial charge is 0.481 e. The molecule has 20 heavy (non-hydrogen) atoms. The molecule has 1 aromatic rings. The summed E-state index contributed by atoms with van der Waals surface area (Å²) in [6.45, 7) is 0.384. The highest BCUT2D eigenvalue weighted by Gasteiger charge is 2.34. The monoisotopic (exact) mass is 425 g/mol. The van der Waals surface area contributed by atoms with Crippen molar-refractivity contribution in [1.29, 1.82) is 0 Å². The van der Waals surface area contributed by atoms with Gasteiger partial charge < -0.3 is 5.11 Å². The third-order valence-corrected chi connectivity index (χ3v) is 6.58. The van der Waals surface area contributed by atoms with Crippen LogP contribution in [0.3, 0.4) is 0 Å². The van der Waals surface area contributed by atoms with E-state index in [4.69, 9.17) is 5.11 Å². The van der Waals surface area contributed by atoms with Gasteiger partial charge in [0.15, 0.2) is 0 Å². The van der Waals surface area contributed by atoms with Crippen LogP contribution in [0.5, 0.6) is 0 Å². The van der Waals surface area contributed by atoms with E-state index in [0.717, 1.165) is 4.47 Å². The Hall–Kier alpha value is -0.440. The Labute approximate surface area is 134 Å². The first kappa shape index (κ1) is 15.9. The van der Waals surface area contributed by atoms with Gasteiger partial charge in [-0.15, -0.1) is 0 Å². The third kappa shape index (κ3) is 3.24. The van der Waals surface area contributed by atoms with Crippen LogP contribution in [-0.4, -0.2) is 36.9 Å². The Morgan fingerprint density at radius 2 is 2.05 bits per heavy atom. The molecule has 0 radical (unpaired) electrons. The zero-order valence-corrected chi connectivity index (χ0v) is 14.4. The molecule has 2 rings (SSSR count). The molecule has 1 atom stereocenters. The van der Waals surface area contributed by atoms with Gasteiger partial charge >= 0.3 is 5.97 Å². The van der Waals surface area contributed by atoms with Crippen molar-refractivity contribution in [3.05, 3.63) is 27.1 Å². The number of halogens is 2. The van der Waals surface area contributed by atoms with Crippen LogP contribution in [0.15, 0.2) is 32.0 Å². The summed E-state index contributed by atoms with van der Waals surface area (Å²) in [5, 5.41) is 9.05. The molecule has 0 amide bonds. The molecule has 0 bridgehead atoms.